The van der Waals surface area contributed by atoms with E-state index in [0.29, 0.717) is 17.8 Å². The minimum Gasteiger partial charge on any atom is -0.496 e. The number of benzene rings is 3. The second-order valence-corrected chi connectivity index (χ2v) is 15.8. The maximum Gasteiger partial charge on any atom is 0.130 e. The lowest BCUT2D eigenvalue weighted by Gasteiger charge is -2.34. The van der Waals surface area contributed by atoms with Crippen molar-refractivity contribution in [2.75, 3.05) is 14.2 Å². The number of methoxy groups -OCH3 is 2. The largest absolute Gasteiger partial charge is 0.496 e. The Morgan fingerprint density at radius 1 is 0.795 bits per heavy atom. The summed E-state index contributed by atoms with van der Waals surface area (Å²) in [5, 5.41) is 1.37. The van der Waals surface area contributed by atoms with Gasteiger partial charge in [0.2, 0.25) is 0 Å². The van der Waals surface area contributed by atoms with Gasteiger partial charge in [0.15, 0.2) is 0 Å². The highest BCUT2D eigenvalue weighted by atomic mass is 31.1. The molecule has 1 aliphatic rings. The molecule has 1 unspecified atom stereocenters. The SMILES string of the molecule is COc1cccc(OC)c1-c1cccc2c1P(C(C)(C)C)[C@H](Cc1c(C(C)C)cc(C(C)C)cc1C(C)C)O2. The molecule has 210 valence electrons. The molecule has 1 aliphatic heterocycles. The maximum absolute atomic E-state index is 6.95. The monoisotopic (exact) mass is 546 g/mol. The molecule has 3 aromatic carbocycles. The molecule has 2 atom stereocenters. The third-order valence-electron chi connectivity index (χ3n) is 7.84. The van der Waals surface area contributed by atoms with Gasteiger partial charge in [0, 0.05) is 17.3 Å². The number of hydrogen-bond acceptors (Lipinski definition) is 3. The zero-order valence-electron chi connectivity index (χ0n) is 25.8. The lowest BCUT2D eigenvalue weighted by atomic mass is 9.83. The first-order valence-corrected chi connectivity index (χ1v) is 15.8. The zero-order chi connectivity index (χ0) is 28.6. The first-order chi connectivity index (χ1) is 18.4. The van der Waals surface area contributed by atoms with E-state index in [4.69, 9.17) is 14.2 Å². The lowest BCUT2D eigenvalue weighted by Crippen LogP contribution is -2.27. The van der Waals surface area contributed by atoms with Gasteiger partial charge in [0.1, 0.15) is 23.1 Å². The lowest BCUT2D eigenvalue weighted by molar-refractivity contribution is 0.292. The zero-order valence-corrected chi connectivity index (χ0v) is 26.7. The third-order valence-corrected chi connectivity index (χ3v) is 11.1. The molecule has 4 rings (SSSR count). The van der Waals surface area contributed by atoms with Crippen molar-refractivity contribution in [3.8, 4) is 28.4 Å². The molecule has 0 aliphatic carbocycles. The molecule has 0 N–H and O–H groups in total. The summed E-state index contributed by atoms with van der Waals surface area (Å²) in [6.45, 7) is 21.0. The highest BCUT2D eigenvalue weighted by Crippen LogP contribution is 2.61. The molecular formula is C35H47O3P. The van der Waals surface area contributed by atoms with Crippen LogP contribution < -0.4 is 19.5 Å². The summed E-state index contributed by atoms with van der Waals surface area (Å²) in [6.07, 6.45) is 0.916. The van der Waals surface area contributed by atoms with Gasteiger partial charge < -0.3 is 14.2 Å². The minimum atomic E-state index is -0.685. The third kappa shape index (κ3) is 5.71. The van der Waals surface area contributed by atoms with Crippen LogP contribution in [0.15, 0.2) is 48.5 Å². The highest BCUT2D eigenvalue weighted by Gasteiger charge is 2.44. The van der Waals surface area contributed by atoms with Crippen molar-refractivity contribution >= 4 is 13.2 Å². The van der Waals surface area contributed by atoms with Crippen molar-refractivity contribution in [3.63, 3.8) is 0 Å². The summed E-state index contributed by atoms with van der Waals surface area (Å²) in [6, 6.07) is 17.4. The standard InChI is InChI=1S/C35H47O3P/c1-21(2)24-18-26(22(3)4)28(27(19-24)23(5)6)20-32-38-31-17-12-14-25(34(31)39(32)35(7,8)9)33-29(36-10)15-13-16-30(33)37-11/h12-19,21-23,32H,20H2,1-11H3/t32-,39?/m1/s1. The van der Waals surface area contributed by atoms with Crippen molar-refractivity contribution < 1.29 is 14.2 Å². The van der Waals surface area contributed by atoms with Gasteiger partial charge in [-0.15, -0.1) is 0 Å². The van der Waals surface area contributed by atoms with E-state index in [1.165, 1.54) is 27.6 Å². The Hall–Kier alpha value is -2.51. The van der Waals surface area contributed by atoms with Gasteiger partial charge in [0.25, 0.3) is 0 Å². The van der Waals surface area contributed by atoms with Crippen molar-refractivity contribution in [2.24, 2.45) is 0 Å². The van der Waals surface area contributed by atoms with Crippen molar-refractivity contribution in [1.29, 1.82) is 0 Å². The Labute approximate surface area is 238 Å². The Bertz CT molecular complexity index is 1260. The Balaban J connectivity index is 1.90. The number of fused-ring (bicyclic) bond motifs is 1. The number of rotatable bonds is 8. The van der Waals surface area contributed by atoms with Gasteiger partial charge in [-0.3, -0.25) is 0 Å². The predicted molar refractivity (Wildman–Crippen MR) is 168 cm³/mol. The average Bonchev–Trinajstić information content (AvgIpc) is 3.26. The molecule has 0 amide bonds. The van der Waals surface area contributed by atoms with Gasteiger partial charge in [-0.05, 0) is 71.3 Å². The van der Waals surface area contributed by atoms with E-state index in [9.17, 15) is 0 Å². The Morgan fingerprint density at radius 2 is 1.33 bits per heavy atom. The van der Waals surface area contributed by atoms with Gasteiger partial charge in [-0.1, -0.05) is 92.6 Å². The summed E-state index contributed by atoms with van der Waals surface area (Å²) in [5.74, 6) is 4.15. The molecule has 0 saturated carbocycles. The molecule has 0 fully saturated rings. The van der Waals surface area contributed by atoms with E-state index < -0.39 is 7.92 Å². The van der Waals surface area contributed by atoms with Crippen LogP contribution in [0.1, 0.15) is 102 Å². The van der Waals surface area contributed by atoms with Crippen LogP contribution in [-0.4, -0.2) is 25.2 Å². The van der Waals surface area contributed by atoms with E-state index in [1.807, 2.05) is 18.2 Å². The van der Waals surface area contributed by atoms with Gasteiger partial charge in [-0.25, -0.2) is 0 Å². The molecule has 3 nitrogen and oxygen atoms in total. The molecule has 1 heterocycles. The maximum atomic E-state index is 6.95. The van der Waals surface area contributed by atoms with E-state index in [2.05, 4.69) is 92.6 Å². The number of ether oxygens (including phenoxy) is 3. The fourth-order valence-corrected chi connectivity index (χ4v) is 9.16. The second kappa shape index (κ2) is 11.5. The average molecular weight is 547 g/mol. The molecule has 0 aromatic heterocycles. The first kappa shape index (κ1) is 29.5. The summed E-state index contributed by atoms with van der Waals surface area (Å²) in [4.78, 5) is 0. The summed E-state index contributed by atoms with van der Waals surface area (Å²) in [7, 11) is 2.78. The Kier molecular flexibility index (Phi) is 8.72. The van der Waals surface area contributed by atoms with Crippen LogP contribution >= 0.6 is 7.92 Å². The van der Waals surface area contributed by atoms with Crippen LogP contribution in [0, 0.1) is 0 Å². The van der Waals surface area contributed by atoms with Crippen molar-refractivity contribution in [1.82, 2.24) is 0 Å². The van der Waals surface area contributed by atoms with E-state index in [-0.39, 0.29) is 11.0 Å². The van der Waals surface area contributed by atoms with Crippen molar-refractivity contribution in [3.05, 3.63) is 70.8 Å². The molecular weight excluding hydrogens is 499 g/mol. The van der Waals surface area contributed by atoms with Crippen LogP contribution in [0.4, 0.5) is 0 Å². The van der Waals surface area contributed by atoms with E-state index >= 15 is 0 Å². The second-order valence-electron chi connectivity index (χ2n) is 12.6. The topological polar surface area (TPSA) is 27.7 Å². The summed E-state index contributed by atoms with van der Waals surface area (Å²) >= 11 is 0. The summed E-state index contributed by atoms with van der Waals surface area (Å²) in [5.41, 5.74) is 8.03. The molecule has 39 heavy (non-hydrogen) atoms. The quantitative estimate of drug-likeness (QED) is 0.263. The summed E-state index contributed by atoms with van der Waals surface area (Å²) < 4.78 is 18.6. The fraction of sp³-hybridized carbons (Fsp3) is 0.486. The molecule has 0 spiro atoms. The predicted octanol–water partition coefficient (Wildman–Crippen LogP) is 9.61. The molecule has 4 heteroatoms. The molecule has 0 radical (unpaired) electrons. The fourth-order valence-electron chi connectivity index (χ4n) is 5.94. The van der Waals surface area contributed by atoms with Gasteiger partial charge >= 0.3 is 0 Å². The normalized spacial score (nSPS) is 17.1. The van der Waals surface area contributed by atoms with Gasteiger partial charge in [0.05, 0.1) is 19.8 Å². The van der Waals surface area contributed by atoms with Gasteiger partial charge in [-0.2, -0.15) is 0 Å². The smallest absolute Gasteiger partial charge is 0.130 e. The molecule has 3 aromatic rings. The van der Waals surface area contributed by atoms with Crippen molar-refractivity contribution in [2.45, 2.75) is 97.5 Å². The van der Waals surface area contributed by atoms with Crippen LogP contribution in [0.25, 0.3) is 11.1 Å². The number of hydrogen-bond donors (Lipinski definition) is 0. The first-order valence-electron chi connectivity index (χ1n) is 14.4. The highest BCUT2D eigenvalue weighted by molar-refractivity contribution is 7.68. The minimum absolute atomic E-state index is 0.0461. The van der Waals surface area contributed by atoms with Crippen LogP contribution in [0.2, 0.25) is 0 Å². The Morgan fingerprint density at radius 3 is 1.79 bits per heavy atom. The van der Waals surface area contributed by atoms with Crippen LogP contribution in [-0.2, 0) is 6.42 Å². The molecule has 0 saturated heterocycles. The molecule has 0 bridgehead atoms. The van der Waals surface area contributed by atoms with E-state index in [0.717, 1.165) is 34.8 Å². The van der Waals surface area contributed by atoms with Crippen LogP contribution in [0.5, 0.6) is 17.2 Å². The van der Waals surface area contributed by atoms with E-state index in [1.54, 1.807) is 14.2 Å². The van der Waals surface area contributed by atoms with Crippen LogP contribution in [0.3, 0.4) is 0 Å².